The second-order valence-corrected chi connectivity index (χ2v) is 6.79. The number of nitrogens with zero attached hydrogens (tertiary/aromatic N) is 2. The molecule has 2 heterocycles. The summed E-state index contributed by atoms with van der Waals surface area (Å²) in [5, 5.41) is 0. The molecule has 2 aromatic carbocycles. The first-order valence-corrected chi connectivity index (χ1v) is 8.54. The van der Waals surface area contributed by atoms with E-state index in [9.17, 15) is 0 Å². The molecule has 0 radical (unpaired) electrons. The van der Waals surface area contributed by atoms with Crippen LogP contribution < -0.4 is 0 Å². The third-order valence-corrected chi connectivity index (χ3v) is 4.74. The number of likely N-dealkylation sites (tertiary alicyclic amines) is 1. The zero-order chi connectivity index (χ0) is 15.6. The molecule has 1 fully saturated rings. The summed E-state index contributed by atoms with van der Waals surface area (Å²) in [6, 6.07) is 17.0. The molecule has 3 aromatic rings. The van der Waals surface area contributed by atoms with Crippen molar-refractivity contribution in [2.24, 2.45) is 5.92 Å². The molecule has 1 atom stereocenters. The summed E-state index contributed by atoms with van der Waals surface area (Å²) >= 11 is 0. The van der Waals surface area contributed by atoms with Crippen molar-refractivity contribution in [1.82, 2.24) is 14.9 Å². The summed E-state index contributed by atoms with van der Waals surface area (Å²) in [4.78, 5) is 10.7. The molecule has 1 aromatic heterocycles. The van der Waals surface area contributed by atoms with E-state index in [4.69, 9.17) is 4.98 Å². The van der Waals surface area contributed by atoms with E-state index in [2.05, 4.69) is 47.1 Å². The van der Waals surface area contributed by atoms with Crippen LogP contribution in [0.15, 0.2) is 48.5 Å². The fourth-order valence-corrected chi connectivity index (χ4v) is 3.60. The van der Waals surface area contributed by atoms with Crippen LogP contribution in [-0.4, -0.2) is 28.0 Å². The molecule has 4 rings (SSSR count). The lowest BCUT2D eigenvalue weighted by atomic mass is 9.99. The Hall–Kier alpha value is -2.13. The molecule has 118 valence electrons. The van der Waals surface area contributed by atoms with Gasteiger partial charge in [-0.15, -0.1) is 0 Å². The number of benzene rings is 2. The first-order valence-electron chi connectivity index (χ1n) is 8.54. The van der Waals surface area contributed by atoms with E-state index >= 15 is 0 Å². The Morgan fingerprint density at radius 2 is 2.09 bits per heavy atom. The van der Waals surface area contributed by atoms with Crippen LogP contribution in [0, 0.1) is 5.92 Å². The van der Waals surface area contributed by atoms with Gasteiger partial charge in [0.1, 0.15) is 5.82 Å². The number of nitrogens with one attached hydrogen (secondary N) is 1. The maximum atomic E-state index is 4.71. The second kappa shape index (κ2) is 6.17. The van der Waals surface area contributed by atoms with Gasteiger partial charge in [0.05, 0.1) is 11.0 Å². The highest BCUT2D eigenvalue weighted by atomic mass is 15.1. The molecule has 0 spiro atoms. The first kappa shape index (κ1) is 14.5. The average molecular weight is 305 g/mol. The van der Waals surface area contributed by atoms with Crippen molar-refractivity contribution >= 4 is 11.0 Å². The minimum absolute atomic E-state index is 0.822. The van der Waals surface area contributed by atoms with Crippen LogP contribution in [0.4, 0.5) is 0 Å². The molecule has 23 heavy (non-hydrogen) atoms. The predicted octanol–water partition coefficient (Wildman–Crippen LogP) is 4.46. The SMILES string of the molecule is CC1CCCN(Cc2cccc(-c3nc4ccccc4[nH]3)c2)C1. The van der Waals surface area contributed by atoms with E-state index in [0.29, 0.717) is 0 Å². The van der Waals surface area contributed by atoms with Crippen LogP contribution in [-0.2, 0) is 6.54 Å². The van der Waals surface area contributed by atoms with Crippen molar-refractivity contribution < 1.29 is 0 Å². The number of aromatic amines is 1. The third-order valence-electron chi connectivity index (χ3n) is 4.74. The number of para-hydroxylation sites is 2. The maximum Gasteiger partial charge on any atom is 0.138 e. The molecule has 1 aliphatic heterocycles. The number of piperidine rings is 1. The Labute approximate surface area is 137 Å². The summed E-state index contributed by atoms with van der Waals surface area (Å²) in [7, 11) is 0. The van der Waals surface area contributed by atoms with Crippen molar-refractivity contribution in [3.05, 3.63) is 54.1 Å². The largest absolute Gasteiger partial charge is 0.338 e. The van der Waals surface area contributed by atoms with Gasteiger partial charge in [0.2, 0.25) is 0 Å². The smallest absolute Gasteiger partial charge is 0.138 e. The van der Waals surface area contributed by atoms with Gasteiger partial charge in [-0.2, -0.15) is 0 Å². The minimum atomic E-state index is 0.822. The van der Waals surface area contributed by atoms with Gasteiger partial charge in [0.25, 0.3) is 0 Å². The van der Waals surface area contributed by atoms with Gasteiger partial charge >= 0.3 is 0 Å². The zero-order valence-corrected chi connectivity index (χ0v) is 13.6. The van der Waals surface area contributed by atoms with Gasteiger partial charge in [-0.05, 0) is 49.1 Å². The lowest BCUT2D eigenvalue weighted by Crippen LogP contribution is -2.33. The molecule has 1 unspecified atom stereocenters. The molecule has 1 aliphatic rings. The molecule has 3 nitrogen and oxygen atoms in total. The summed E-state index contributed by atoms with van der Waals surface area (Å²) in [6.07, 6.45) is 2.69. The number of hydrogen-bond donors (Lipinski definition) is 1. The van der Waals surface area contributed by atoms with Crippen molar-refractivity contribution in [2.45, 2.75) is 26.3 Å². The fourth-order valence-electron chi connectivity index (χ4n) is 3.60. The first-order chi connectivity index (χ1) is 11.3. The highest BCUT2D eigenvalue weighted by Gasteiger charge is 2.16. The zero-order valence-electron chi connectivity index (χ0n) is 13.6. The van der Waals surface area contributed by atoms with Crippen molar-refractivity contribution in [3.63, 3.8) is 0 Å². The van der Waals surface area contributed by atoms with E-state index in [-0.39, 0.29) is 0 Å². The number of hydrogen-bond acceptors (Lipinski definition) is 2. The average Bonchev–Trinajstić information content (AvgIpc) is 2.99. The summed E-state index contributed by atoms with van der Waals surface area (Å²) in [5.41, 5.74) is 4.66. The Balaban J connectivity index is 1.58. The lowest BCUT2D eigenvalue weighted by molar-refractivity contribution is 0.176. The summed E-state index contributed by atoms with van der Waals surface area (Å²) < 4.78 is 0. The van der Waals surface area contributed by atoms with Gasteiger partial charge in [-0.1, -0.05) is 37.3 Å². The summed E-state index contributed by atoms with van der Waals surface area (Å²) in [6.45, 7) is 5.84. The van der Waals surface area contributed by atoms with Crippen molar-refractivity contribution in [1.29, 1.82) is 0 Å². The molecular formula is C20H23N3. The lowest BCUT2D eigenvalue weighted by Gasteiger charge is -2.30. The van der Waals surface area contributed by atoms with Gasteiger partial charge in [0.15, 0.2) is 0 Å². The minimum Gasteiger partial charge on any atom is -0.338 e. The fraction of sp³-hybridized carbons (Fsp3) is 0.350. The Morgan fingerprint density at radius 1 is 1.17 bits per heavy atom. The van der Waals surface area contributed by atoms with E-state index in [1.807, 2.05) is 18.2 Å². The van der Waals surface area contributed by atoms with Gasteiger partial charge < -0.3 is 4.98 Å². The maximum absolute atomic E-state index is 4.71. The van der Waals surface area contributed by atoms with Gasteiger partial charge in [-0.25, -0.2) is 4.98 Å². The van der Waals surface area contributed by atoms with Crippen LogP contribution in [0.25, 0.3) is 22.4 Å². The second-order valence-electron chi connectivity index (χ2n) is 6.79. The molecular weight excluding hydrogens is 282 g/mol. The Kier molecular flexibility index (Phi) is 3.88. The van der Waals surface area contributed by atoms with E-state index in [1.54, 1.807) is 0 Å². The number of imidazole rings is 1. The van der Waals surface area contributed by atoms with Crippen LogP contribution >= 0.6 is 0 Å². The highest BCUT2D eigenvalue weighted by molar-refractivity contribution is 5.79. The Bertz CT molecular complexity index is 772. The topological polar surface area (TPSA) is 31.9 Å². The summed E-state index contributed by atoms with van der Waals surface area (Å²) in [5.74, 6) is 1.78. The molecule has 1 saturated heterocycles. The third kappa shape index (κ3) is 3.15. The van der Waals surface area contributed by atoms with Gasteiger partial charge in [0, 0.05) is 18.7 Å². The van der Waals surface area contributed by atoms with Crippen LogP contribution in [0.3, 0.4) is 0 Å². The number of aromatic nitrogens is 2. The number of rotatable bonds is 3. The molecule has 0 amide bonds. The molecule has 0 bridgehead atoms. The predicted molar refractivity (Wildman–Crippen MR) is 95.2 cm³/mol. The van der Waals surface area contributed by atoms with Crippen LogP contribution in [0.1, 0.15) is 25.3 Å². The van der Waals surface area contributed by atoms with E-state index in [1.165, 1.54) is 37.1 Å². The van der Waals surface area contributed by atoms with E-state index in [0.717, 1.165) is 29.3 Å². The molecule has 0 aliphatic carbocycles. The van der Waals surface area contributed by atoms with Gasteiger partial charge in [-0.3, -0.25) is 4.90 Å². The molecule has 1 N–H and O–H groups in total. The van der Waals surface area contributed by atoms with Crippen LogP contribution in [0.5, 0.6) is 0 Å². The van der Waals surface area contributed by atoms with Crippen LogP contribution in [0.2, 0.25) is 0 Å². The highest BCUT2D eigenvalue weighted by Crippen LogP contribution is 2.23. The molecule has 0 saturated carbocycles. The Morgan fingerprint density at radius 3 is 2.96 bits per heavy atom. The number of fused-ring (bicyclic) bond motifs is 1. The monoisotopic (exact) mass is 305 g/mol. The van der Waals surface area contributed by atoms with Crippen molar-refractivity contribution in [3.8, 4) is 11.4 Å². The van der Waals surface area contributed by atoms with E-state index < -0.39 is 0 Å². The van der Waals surface area contributed by atoms with Crippen molar-refractivity contribution in [2.75, 3.05) is 13.1 Å². The quantitative estimate of drug-likeness (QED) is 0.774. The molecule has 3 heteroatoms. The number of H-pyrrole nitrogens is 1. The standard InChI is InChI=1S/C20H23N3/c1-15-6-5-11-23(13-15)14-16-7-4-8-17(12-16)20-21-18-9-2-3-10-19(18)22-20/h2-4,7-10,12,15H,5-6,11,13-14H2,1H3,(H,21,22). The normalized spacial score (nSPS) is 19.3.